The minimum absolute atomic E-state index is 0. The number of pyridine rings is 1. The first-order valence-corrected chi connectivity index (χ1v) is 9.59. The summed E-state index contributed by atoms with van der Waals surface area (Å²) in [6, 6.07) is 2.14. The molecule has 0 saturated heterocycles. The molecule has 3 N–H and O–H groups in total. The third-order valence-corrected chi connectivity index (χ3v) is 4.77. The van der Waals surface area contributed by atoms with Crippen molar-refractivity contribution in [1.82, 2.24) is 15.6 Å². The fraction of sp³-hybridized carbons (Fsp3) is 0.684. The lowest BCUT2D eigenvalue weighted by Crippen LogP contribution is -2.40. The highest BCUT2D eigenvalue weighted by molar-refractivity contribution is 14.0. The Hall–Kier alpha value is -1.30. The van der Waals surface area contributed by atoms with E-state index in [1.807, 2.05) is 6.92 Å². The number of nitrogens with one attached hydrogen (secondary N) is 2. The molecule has 0 saturated carbocycles. The van der Waals surface area contributed by atoms with E-state index in [4.69, 9.17) is 4.74 Å². The Balaban J connectivity index is 0.00000784. The average molecular weight is 532 g/mol. The van der Waals surface area contributed by atoms with Crippen LogP contribution in [0.5, 0.6) is 5.88 Å². The molecule has 0 amide bonds. The molecule has 29 heavy (non-hydrogen) atoms. The van der Waals surface area contributed by atoms with Crippen LogP contribution in [-0.2, 0) is 6.18 Å². The molecular formula is C19H32F3IN4O2. The predicted octanol–water partition coefficient (Wildman–Crippen LogP) is 3.84. The molecule has 0 bridgehead atoms. The van der Waals surface area contributed by atoms with Crippen molar-refractivity contribution in [3.8, 4) is 5.88 Å². The normalized spacial score (nSPS) is 12.3. The number of rotatable bonds is 11. The summed E-state index contributed by atoms with van der Waals surface area (Å²) in [5.74, 6) is 0.770. The first kappa shape index (κ1) is 27.7. The van der Waals surface area contributed by atoms with E-state index in [1.165, 1.54) is 6.07 Å². The average Bonchev–Trinajstić information content (AvgIpc) is 2.68. The molecule has 0 aliphatic carbocycles. The molecule has 1 aromatic rings. The standard InChI is InChI=1S/C19H31F3N4O2.HI/c1-4-18(5-2,9-11-27)14-26-17(23-6-3)24-10-12-28-16-8-7-15(13-25-16)19(20,21)22;/h7-8,13,27H,4-6,9-12,14H2,1-3H3,(H2,23,24,26);1H. The van der Waals surface area contributed by atoms with Gasteiger partial charge in [-0.05, 0) is 37.7 Å². The number of hydrogen-bond acceptors (Lipinski definition) is 4. The zero-order valence-corrected chi connectivity index (χ0v) is 19.5. The van der Waals surface area contributed by atoms with Crippen molar-refractivity contribution in [2.45, 2.75) is 46.2 Å². The molecule has 6 nitrogen and oxygen atoms in total. The van der Waals surface area contributed by atoms with Crippen LogP contribution >= 0.6 is 24.0 Å². The van der Waals surface area contributed by atoms with E-state index >= 15 is 0 Å². The molecule has 0 radical (unpaired) electrons. The van der Waals surface area contributed by atoms with Gasteiger partial charge in [-0.25, -0.2) is 4.98 Å². The maximum atomic E-state index is 12.5. The van der Waals surface area contributed by atoms with Gasteiger partial charge in [-0.1, -0.05) is 13.8 Å². The van der Waals surface area contributed by atoms with Crippen LogP contribution in [0.4, 0.5) is 13.2 Å². The monoisotopic (exact) mass is 532 g/mol. The molecule has 0 fully saturated rings. The molecule has 0 unspecified atom stereocenters. The molecule has 0 aromatic carbocycles. The lowest BCUT2D eigenvalue weighted by molar-refractivity contribution is -0.137. The van der Waals surface area contributed by atoms with E-state index in [0.717, 1.165) is 25.1 Å². The fourth-order valence-electron chi connectivity index (χ4n) is 2.69. The molecule has 1 aromatic heterocycles. The third kappa shape index (κ3) is 9.83. The number of aliphatic hydroxyl groups excluding tert-OH is 1. The molecule has 10 heteroatoms. The predicted molar refractivity (Wildman–Crippen MR) is 119 cm³/mol. The van der Waals surface area contributed by atoms with Crippen LogP contribution in [0.15, 0.2) is 23.3 Å². The Morgan fingerprint density at radius 2 is 1.86 bits per heavy atom. The number of aliphatic imine (C=N–C) groups is 1. The summed E-state index contributed by atoms with van der Waals surface area (Å²) >= 11 is 0. The minimum Gasteiger partial charge on any atom is -0.476 e. The fourth-order valence-corrected chi connectivity index (χ4v) is 2.69. The van der Waals surface area contributed by atoms with E-state index in [2.05, 4.69) is 34.5 Å². The largest absolute Gasteiger partial charge is 0.476 e. The van der Waals surface area contributed by atoms with Crippen molar-refractivity contribution in [3.63, 3.8) is 0 Å². The third-order valence-electron chi connectivity index (χ3n) is 4.77. The zero-order valence-electron chi connectivity index (χ0n) is 17.2. The Bertz CT molecular complexity index is 594. The quantitative estimate of drug-likeness (QED) is 0.175. The van der Waals surface area contributed by atoms with Gasteiger partial charge < -0.3 is 20.5 Å². The number of ether oxygens (including phenoxy) is 1. The summed E-state index contributed by atoms with van der Waals surface area (Å²) in [4.78, 5) is 8.29. The van der Waals surface area contributed by atoms with E-state index < -0.39 is 11.7 Å². The smallest absolute Gasteiger partial charge is 0.417 e. The van der Waals surface area contributed by atoms with E-state index in [-0.39, 0.29) is 48.5 Å². The van der Waals surface area contributed by atoms with E-state index in [1.54, 1.807) is 0 Å². The number of hydrogen-bond donors (Lipinski definition) is 3. The highest BCUT2D eigenvalue weighted by Gasteiger charge is 2.30. The zero-order chi connectivity index (χ0) is 21.0. The maximum Gasteiger partial charge on any atom is 0.417 e. The van der Waals surface area contributed by atoms with Crippen LogP contribution in [0.3, 0.4) is 0 Å². The van der Waals surface area contributed by atoms with Crippen LogP contribution in [0.2, 0.25) is 0 Å². The summed E-state index contributed by atoms with van der Waals surface area (Å²) in [6.07, 6.45) is -1.10. The van der Waals surface area contributed by atoms with E-state index in [0.29, 0.717) is 32.0 Å². The summed E-state index contributed by atoms with van der Waals surface area (Å²) in [7, 11) is 0. The Labute approximate surface area is 187 Å². The van der Waals surface area contributed by atoms with Crippen molar-refractivity contribution in [2.75, 3.05) is 32.8 Å². The molecule has 0 aliphatic rings. The number of nitrogens with zero attached hydrogens (tertiary/aromatic N) is 2. The van der Waals surface area contributed by atoms with Crippen molar-refractivity contribution in [2.24, 2.45) is 10.4 Å². The number of alkyl halides is 3. The molecule has 1 heterocycles. The molecule has 168 valence electrons. The summed E-state index contributed by atoms with van der Waals surface area (Å²) in [5.41, 5.74) is -0.838. The van der Waals surface area contributed by atoms with E-state index in [9.17, 15) is 18.3 Å². The summed E-state index contributed by atoms with van der Waals surface area (Å²) in [5, 5.41) is 15.6. The number of aliphatic hydroxyl groups is 1. The van der Waals surface area contributed by atoms with Gasteiger partial charge in [0, 0.05) is 32.0 Å². The number of halogens is 4. The Morgan fingerprint density at radius 3 is 2.34 bits per heavy atom. The summed E-state index contributed by atoms with van der Waals surface area (Å²) in [6.45, 7) is 8.22. The van der Waals surface area contributed by atoms with Crippen LogP contribution in [0.25, 0.3) is 0 Å². The SMILES string of the molecule is CCNC(=NCC(CC)(CC)CCO)NCCOc1ccc(C(F)(F)F)cn1.I. The lowest BCUT2D eigenvalue weighted by Gasteiger charge is -2.29. The van der Waals surface area contributed by atoms with Crippen molar-refractivity contribution >= 4 is 29.9 Å². The topological polar surface area (TPSA) is 78.8 Å². The maximum absolute atomic E-state index is 12.5. The van der Waals surface area contributed by atoms with Gasteiger partial charge in [0.15, 0.2) is 5.96 Å². The van der Waals surface area contributed by atoms with Gasteiger partial charge in [-0.3, -0.25) is 4.99 Å². The van der Waals surface area contributed by atoms with Gasteiger partial charge in [0.05, 0.1) is 12.1 Å². The van der Waals surface area contributed by atoms with Crippen molar-refractivity contribution in [3.05, 3.63) is 23.9 Å². The second-order valence-corrected chi connectivity index (χ2v) is 6.53. The molecular weight excluding hydrogens is 500 g/mol. The van der Waals surface area contributed by atoms with Gasteiger partial charge in [-0.2, -0.15) is 13.2 Å². The summed E-state index contributed by atoms with van der Waals surface area (Å²) < 4.78 is 42.9. The molecule has 0 spiro atoms. The van der Waals surface area contributed by atoms with Gasteiger partial charge in [0.25, 0.3) is 0 Å². The Kier molecular flexibility index (Phi) is 13.2. The Morgan fingerprint density at radius 1 is 1.17 bits per heavy atom. The highest BCUT2D eigenvalue weighted by Crippen LogP contribution is 2.30. The number of guanidine groups is 1. The van der Waals surface area contributed by atoms with Crippen LogP contribution in [-0.4, -0.2) is 48.9 Å². The van der Waals surface area contributed by atoms with Crippen LogP contribution in [0.1, 0.15) is 45.6 Å². The second-order valence-electron chi connectivity index (χ2n) is 6.53. The minimum atomic E-state index is -4.41. The number of aromatic nitrogens is 1. The first-order valence-electron chi connectivity index (χ1n) is 9.59. The van der Waals surface area contributed by atoms with Crippen LogP contribution < -0.4 is 15.4 Å². The van der Waals surface area contributed by atoms with Gasteiger partial charge in [0.1, 0.15) is 6.61 Å². The lowest BCUT2D eigenvalue weighted by atomic mass is 9.79. The highest BCUT2D eigenvalue weighted by atomic mass is 127. The molecule has 1 rings (SSSR count). The van der Waals surface area contributed by atoms with Crippen molar-refractivity contribution < 1.29 is 23.0 Å². The van der Waals surface area contributed by atoms with Gasteiger partial charge >= 0.3 is 6.18 Å². The second kappa shape index (κ2) is 13.8. The van der Waals surface area contributed by atoms with Crippen molar-refractivity contribution in [1.29, 1.82) is 0 Å². The van der Waals surface area contributed by atoms with Gasteiger partial charge in [0.2, 0.25) is 5.88 Å². The van der Waals surface area contributed by atoms with Gasteiger partial charge in [-0.15, -0.1) is 24.0 Å². The molecule has 0 aliphatic heterocycles. The first-order chi connectivity index (χ1) is 13.3. The van der Waals surface area contributed by atoms with Crippen LogP contribution in [0, 0.1) is 5.41 Å². The molecule has 0 atom stereocenters.